The summed E-state index contributed by atoms with van der Waals surface area (Å²) in [6.07, 6.45) is 1.86. The molecule has 8 heteroatoms. The number of benzene rings is 3. The minimum Gasteiger partial charge on any atom is -0.480 e. The molecule has 0 amide bonds. The molecule has 6 nitrogen and oxygen atoms in total. The van der Waals surface area contributed by atoms with E-state index in [-0.39, 0.29) is 11.3 Å². The Balaban J connectivity index is 1.57. The molecule has 0 saturated carbocycles. The fourth-order valence-electron chi connectivity index (χ4n) is 3.71. The quantitative estimate of drug-likeness (QED) is 0.418. The van der Waals surface area contributed by atoms with Gasteiger partial charge in [0, 0.05) is 35.6 Å². The number of fused-ring (bicyclic) bond motifs is 1. The maximum atomic E-state index is 12.9. The molecule has 0 radical (unpaired) electrons. The van der Waals surface area contributed by atoms with Gasteiger partial charge >= 0.3 is 5.97 Å². The van der Waals surface area contributed by atoms with Crippen molar-refractivity contribution in [2.75, 3.05) is 0 Å². The molecule has 0 spiro atoms. The van der Waals surface area contributed by atoms with Gasteiger partial charge < -0.3 is 9.67 Å². The molecule has 4 rings (SSSR count). The predicted octanol–water partition coefficient (Wildman–Crippen LogP) is 4.47. The van der Waals surface area contributed by atoms with E-state index in [1.165, 1.54) is 12.1 Å². The molecule has 1 heterocycles. The van der Waals surface area contributed by atoms with Gasteiger partial charge in [-0.25, -0.2) is 8.42 Å². The van der Waals surface area contributed by atoms with Crippen LogP contribution >= 0.6 is 11.6 Å². The lowest BCUT2D eigenvalue weighted by molar-refractivity contribution is -0.138. The predicted molar refractivity (Wildman–Crippen MR) is 125 cm³/mol. The highest BCUT2D eigenvalue weighted by Gasteiger charge is 2.27. The van der Waals surface area contributed by atoms with Crippen LogP contribution in [0.15, 0.2) is 83.9 Å². The maximum absolute atomic E-state index is 12.9. The first kappa shape index (κ1) is 22.1. The van der Waals surface area contributed by atoms with Crippen LogP contribution in [-0.4, -0.2) is 30.1 Å². The summed E-state index contributed by atoms with van der Waals surface area (Å²) in [5.41, 5.74) is 3.43. The van der Waals surface area contributed by atoms with Crippen LogP contribution in [-0.2, 0) is 28.3 Å². The van der Waals surface area contributed by atoms with Crippen molar-refractivity contribution in [2.24, 2.45) is 7.05 Å². The van der Waals surface area contributed by atoms with Crippen molar-refractivity contribution in [1.82, 2.24) is 9.29 Å². The summed E-state index contributed by atoms with van der Waals surface area (Å²) in [5, 5.41) is 11.2. The molecule has 164 valence electrons. The van der Waals surface area contributed by atoms with E-state index in [4.69, 9.17) is 11.6 Å². The second-order valence-corrected chi connectivity index (χ2v) is 9.68. The highest BCUT2D eigenvalue weighted by Crippen LogP contribution is 2.24. The SMILES string of the molecule is Cn1cc(CC(NS(=O)(=O)c2ccc(-c3ccc(Cl)cc3)cc2)C(=O)O)c2ccccc21. The maximum Gasteiger partial charge on any atom is 0.322 e. The van der Waals surface area contributed by atoms with E-state index >= 15 is 0 Å². The molecular formula is C24H21ClN2O4S. The molecule has 1 atom stereocenters. The van der Waals surface area contributed by atoms with Gasteiger partial charge in [0.05, 0.1) is 4.90 Å². The van der Waals surface area contributed by atoms with Gasteiger partial charge in [0.25, 0.3) is 0 Å². The van der Waals surface area contributed by atoms with E-state index in [2.05, 4.69) is 4.72 Å². The summed E-state index contributed by atoms with van der Waals surface area (Å²) in [7, 11) is -2.17. The lowest BCUT2D eigenvalue weighted by atomic mass is 10.1. The van der Waals surface area contributed by atoms with E-state index in [1.54, 1.807) is 24.3 Å². The number of carboxylic acids is 1. The second-order valence-electron chi connectivity index (χ2n) is 7.53. The highest BCUT2D eigenvalue weighted by molar-refractivity contribution is 7.89. The van der Waals surface area contributed by atoms with Gasteiger partial charge in [0.1, 0.15) is 6.04 Å². The Morgan fingerprint density at radius 1 is 1.00 bits per heavy atom. The molecule has 4 aromatic rings. The average Bonchev–Trinajstić information content (AvgIpc) is 3.09. The number of nitrogens with zero attached hydrogens (tertiary/aromatic N) is 1. The van der Waals surface area contributed by atoms with Gasteiger partial charge in [0.2, 0.25) is 10.0 Å². The molecule has 2 N–H and O–H groups in total. The Morgan fingerprint density at radius 3 is 2.22 bits per heavy atom. The van der Waals surface area contributed by atoms with E-state index in [0.29, 0.717) is 5.02 Å². The van der Waals surface area contributed by atoms with Gasteiger partial charge in [-0.15, -0.1) is 0 Å². The summed E-state index contributed by atoms with van der Waals surface area (Å²) in [4.78, 5) is 11.9. The molecule has 32 heavy (non-hydrogen) atoms. The molecule has 1 aromatic heterocycles. The van der Waals surface area contributed by atoms with Gasteiger partial charge in [0.15, 0.2) is 0 Å². The standard InChI is InChI=1S/C24H21ClN2O4S/c1-27-15-18(21-4-2-3-5-23(21)27)14-22(24(28)29)26-32(30,31)20-12-8-17(9-13-20)16-6-10-19(25)11-7-16/h2-13,15,22,26H,14H2,1H3,(H,28,29). The third kappa shape index (κ3) is 4.55. The van der Waals surface area contributed by atoms with Crippen LogP contribution < -0.4 is 4.72 Å². The molecule has 3 aromatic carbocycles. The van der Waals surface area contributed by atoms with Crippen LogP contribution in [0.5, 0.6) is 0 Å². The first-order valence-corrected chi connectivity index (χ1v) is 11.7. The number of para-hydroxylation sites is 1. The summed E-state index contributed by atoms with van der Waals surface area (Å²) in [6.45, 7) is 0. The van der Waals surface area contributed by atoms with Crippen molar-refractivity contribution >= 4 is 38.5 Å². The number of carboxylic acid groups (broad SMARTS) is 1. The Hall–Kier alpha value is -3.13. The number of hydrogen-bond acceptors (Lipinski definition) is 3. The molecule has 0 saturated heterocycles. The van der Waals surface area contributed by atoms with Crippen LogP contribution in [0, 0.1) is 0 Å². The van der Waals surface area contributed by atoms with Crippen molar-refractivity contribution in [1.29, 1.82) is 0 Å². The minimum absolute atomic E-state index is 0.000571. The Labute approximate surface area is 191 Å². The summed E-state index contributed by atoms with van der Waals surface area (Å²) in [5.74, 6) is -1.24. The summed E-state index contributed by atoms with van der Waals surface area (Å²) in [6, 6.07) is 19.8. The number of sulfonamides is 1. The Kier molecular flexibility index (Phi) is 6.06. The van der Waals surface area contributed by atoms with Crippen molar-refractivity contribution < 1.29 is 18.3 Å². The van der Waals surface area contributed by atoms with Gasteiger partial charge in [-0.2, -0.15) is 4.72 Å². The second kappa shape index (κ2) is 8.78. The Bertz CT molecular complexity index is 1380. The van der Waals surface area contributed by atoms with Crippen LogP contribution in [0.25, 0.3) is 22.0 Å². The lowest BCUT2D eigenvalue weighted by Crippen LogP contribution is -2.42. The minimum atomic E-state index is -4.04. The monoisotopic (exact) mass is 468 g/mol. The summed E-state index contributed by atoms with van der Waals surface area (Å²) >= 11 is 5.91. The van der Waals surface area contributed by atoms with Crippen molar-refractivity contribution in [3.63, 3.8) is 0 Å². The van der Waals surface area contributed by atoms with E-state index < -0.39 is 22.0 Å². The number of hydrogen-bond donors (Lipinski definition) is 2. The number of aryl methyl sites for hydroxylation is 1. The fraction of sp³-hybridized carbons (Fsp3) is 0.125. The van der Waals surface area contributed by atoms with Gasteiger partial charge in [-0.3, -0.25) is 4.79 Å². The van der Waals surface area contributed by atoms with E-state index in [9.17, 15) is 18.3 Å². The van der Waals surface area contributed by atoms with Gasteiger partial charge in [-0.1, -0.05) is 54.1 Å². The largest absolute Gasteiger partial charge is 0.480 e. The number of aromatic nitrogens is 1. The normalized spacial score (nSPS) is 12.7. The molecule has 0 bridgehead atoms. The smallest absolute Gasteiger partial charge is 0.322 e. The number of rotatable bonds is 7. The number of nitrogens with one attached hydrogen (secondary N) is 1. The van der Waals surface area contributed by atoms with Crippen LogP contribution in [0.1, 0.15) is 5.56 Å². The lowest BCUT2D eigenvalue weighted by Gasteiger charge is -2.15. The van der Waals surface area contributed by atoms with Crippen LogP contribution in [0.4, 0.5) is 0 Å². The molecule has 0 aliphatic carbocycles. The molecular weight excluding hydrogens is 448 g/mol. The zero-order valence-corrected chi connectivity index (χ0v) is 18.8. The third-order valence-electron chi connectivity index (χ3n) is 5.34. The van der Waals surface area contributed by atoms with Crippen molar-refractivity contribution in [3.05, 3.63) is 89.6 Å². The zero-order valence-electron chi connectivity index (χ0n) is 17.2. The van der Waals surface area contributed by atoms with Gasteiger partial charge in [-0.05, 0) is 47.0 Å². The number of carbonyl (C=O) groups is 1. The molecule has 0 aliphatic rings. The zero-order chi connectivity index (χ0) is 22.9. The number of aliphatic carboxylic acids is 1. The Morgan fingerprint density at radius 2 is 1.59 bits per heavy atom. The van der Waals surface area contributed by atoms with E-state index in [1.807, 2.05) is 54.2 Å². The van der Waals surface area contributed by atoms with E-state index in [0.717, 1.165) is 27.6 Å². The summed E-state index contributed by atoms with van der Waals surface area (Å²) < 4.78 is 30.0. The highest BCUT2D eigenvalue weighted by atomic mass is 35.5. The molecule has 0 aliphatic heterocycles. The van der Waals surface area contributed by atoms with Crippen molar-refractivity contribution in [2.45, 2.75) is 17.4 Å². The van der Waals surface area contributed by atoms with Crippen molar-refractivity contribution in [3.8, 4) is 11.1 Å². The first-order valence-electron chi connectivity index (χ1n) is 9.89. The van der Waals surface area contributed by atoms with Crippen LogP contribution in [0.2, 0.25) is 5.02 Å². The van der Waals surface area contributed by atoms with Crippen LogP contribution in [0.3, 0.4) is 0 Å². The number of halogens is 1. The first-order chi connectivity index (χ1) is 15.2. The topological polar surface area (TPSA) is 88.4 Å². The molecule has 0 fully saturated rings. The average molecular weight is 469 g/mol. The third-order valence-corrected chi connectivity index (χ3v) is 7.08. The fourth-order valence-corrected chi connectivity index (χ4v) is 5.03. The molecule has 1 unspecified atom stereocenters.